The molecule has 26 heavy (non-hydrogen) atoms. The average molecular weight is 356 g/mol. The van der Waals surface area contributed by atoms with Gasteiger partial charge in [0, 0.05) is 6.07 Å². The van der Waals surface area contributed by atoms with E-state index in [-0.39, 0.29) is 5.56 Å². The number of unbranched alkanes of at least 4 members (excludes halogenated alkanes) is 4. The minimum absolute atomic E-state index is 0.191. The highest BCUT2D eigenvalue weighted by atomic mass is 16.5. The minimum atomic E-state index is -0.989. The van der Waals surface area contributed by atoms with E-state index in [0.29, 0.717) is 30.3 Å². The van der Waals surface area contributed by atoms with E-state index in [9.17, 15) is 9.90 Å². The van der Waals surface area contributed by atoms with Crippen LogP contribution in [0.25, 0.3) is 0 Å². The number of carboxylic acid groups (broad SMARTS) is 1. The van der Waals surface area contributed by atoms with Gasteiger partial charge in [-0.25, -0.2) is 4.79 Å². The molecule has 2 aromatic carbocycles. The fourth-order valence-corrected chi connectivity index (χ4v) is 2.83. The first-order valence-electron chi connectivity index (χ1n) is 9.29. The number of aromatic carboxylic acids is 1. The Morgan fingerprint density at radius 1 is 1.00 bits per heavy atom. The van der Waals surface area contributed by atoms with Gasteiger partial charge in [-0.05, 0) is 30.5 Å². The van der Waals surface area contributed by atoms with Crippen molar-refractivity contribution in [1.29, 1.82) is 0 Å². The number of benzene rings is 2. The van der Waals surface area contributed by atoms with Crippen molar-refractivity contribution in [3.8, 4) is 11.5 Å². The number of hydrogen-bond acceptors (Lipinski definition) is 3. The highest BCUT2D eigenvalue weighted by Crippen LogP contribution is 2.29. The molecule has 0 radical (unpaired) electrons. The van der Waals surface area contributed by atoms with Gasteiger partial charge in [0.05, 0.1) is 6.61 Å². The van der Waals surface area contributed by atoms with Gasteiger partial charge in [-0.15, -0.1) is 0 Å². The van der Waals surface area contributed by atoms with Crippen LogP contribution in [0.3, 0.4) is 0 Å². The van der Waals surface area contributed by atoms with Gasteiger partial charge in [0.1, 0.15) is 23.7 Å². The molecule has 0 fully saturated rings. The zero-order valence-corrected chi connectivity index (χ0v) is 15.7. The standard InChI is InChI=1S/C22H28O4/c1-3-4-5-6-10-13-25-19-14-17(2)21(22(23)24)20(15-19)26-16-18-11-8-7-9-12-18/h7-9,11-12,14-15H,3-6,10,13,16H2,1-2H3,(H,23,24). The molecule has 0 aliphatic rings. The number of carbonyl (C=O) groups is 1. The molecule has 140 valence electrons. The first kappa shape index (κ1) is 19.8. The molecular formula is C22H28O4. The van der Waals surface area contributed by atoms with E-state index in [1.54, 1.807) is 19.1 Å². The molecule has 0 saturated heterocycles. The highest BCUT2D eigenvalue weighted by Gasteiger charge is 2.17. The fourth-order valence-electron chi connectivity index (χ4n) is 2.83. The van der Waals surface area contributed by atoms with Gasteiger partial charge >= 0.3 is 5.97 Å². The molecule has 2 rings (SSSR count). The van der Waals surface area contributed by atoms with Crippen LogP contribution in [0.1, 0.15) is 60.5 Å². The predicted molar refractivity (Wildman–Crippen MR) is 103 cm³/mol. The summed E-state index contributed by atoms with van der Waals surface area (Å²) in [7, 11) is 0. The van der Waals surface area contributed by atoms with E-state index in [1.807, 2.05) is 30.3 Å². The zero-order valence-electron chi connectivity index (χ0n) is 15.7. The van der Waals surface area contributed by atoms with Gasteiger partial charge in [0.15, 0.2) is 0 Å². The molecular weight excluding hydrogens is 328 g/mol. The van der Waals surface area contributed by atoms with Gasteiger partial charge in [0.25, 0.3) is 0 Å². The van der Waals surface area contributed by atoms with Gasteiger partial charge in [-0.3, -0.25) is 0 Å². The predicted octanol–water partition coefficient (Wildman–Crippen LogP) is 5.62. The normalized spacial score (nSPS) is 10.5. The van der Waals surface area contributed by atoms with E-state index in [2.05, 4.69) is 6.92 Å². The summed E-state index contributed by atoms with van der Waals surface area (Å²) >= 11 is 0. The van der Waals surface area contributed by atoms with Crippen LogP contribution >= 0.6 is 0 Å². The largest absolute Gasteiger partial charge is 0.493 e. The van der Waals surface area contributed by atoms with Crippen molar-refractivity contribution in [2.24, 2.45) is 0 Å². The smallest absolute Gasteiger partial charge is 0.339 e. The van der Waals surface area contributed by atoms with Gasteiger partial charge in [-0.1, -0.05) is 62.9 Å². The van der Waals surface area contributed by atoms with Crippen LogP contribution in [0.4, 0.5) is 0 Å². The van der Waals surface area contributed by atoms with Crippen molar-refractivity contribution in [3.63, 3.8) is 0 Å². The van der Waals surface area contributed by atoms with Crippen molar-refractivity contribution < 1.29 is 19.4 Å². The Kier molecular flexibility index (Phi) is 8.00. The van der Waals surface area contributed by atoms with E-state index in [4.69, 9.17) is 9.47 Å². The van der Waals surface area contributed by atoms with Gasteiger partial charge < -0.3 is 14.6 Å². The lowest BCUT2D eigenvalue weighted by Gasteiger charge is -2.14. The lowest BCUT2D eigenvalue weighted by molar-refractivity contribution is 0.0691. The topological polar surface area (TPSA) is 55.8 Å². The Hall–Kier alpha value is -2.49. The number of aryl methyl sites for hydroxylation is 1. The maximum absolute atomic E-state index is 11.6. The molecule has 4 nitrogen and oxygen atoms in total. The summed E-state index contributed by atoms with van der Waals surface area (Å²) in [5.74, 6) is 0.0186. The maximum atomic E-state index is 11.6. The lowest BCUT2D eigenvalue weighted by Crippen LogP contribution is -2.07. The Balaban J connectivity index is 2.03. The summed E-state index contributed by atoms with van der Waals surface area (Å²) in [6.45, 7) is 4.92. The summed E-state index contributed by atoms with van der Waals surface area (Å²) in [4.78, 5) is 11.6. The van der Waals surface area contributed by atoms with Gasteiger partial charge in [0.2, 0.25) is 0 Å². The van der Waals surface area contributed by atoms with Crippen molar-refractivity contribution in [3.05, 3.63) is 59.2 Å². The molecule has 0 aromatic heterocycles. The summed E-state index contributed by atoms with van der Waals surface area (Å²) in [6.07, 6.45) is 5.85. The lowest BCUT2D eigenvalue weighted by atomic mass is 10.1. The number of ether oxygens (including phenoxy) is 2. The van der Waals surface area contributed by atoms with E-state index in [0.717, 1.165) is 18.4 Å². The minimum Gasteiger partial charge on any atom is -0.493 e. The van der Waals surface area contributed by atoms with Crippen LogP contribution < -0.4 is 9.47 Å². The molecule has 0 saturated carbocycles. The number of rotatable bonds is 11. The van der Waals surface area contributed by atoms with Crippen LogP contribution in [-0.2, 0) is 6.61 Å². The molecule has 2 aromatic rings. The van der Waals surface area contributed by atoms with Crippen LogP contribution in [0.2, 0.25) is 0 Å². The van der Waals surface area contributed by atoms with Crippen LogP contribution in [0.5, 0.6) is 11.5 Å². The Labute approximate surface area is 155 Å². The third kappa shape index (κ3) is 6.10. The first-order chi connectivity index (χ1) is 12.6. The molecule has 0 amide bonds. The van der Waals surface area contributed by atoms with Crippen LogP contribution in [-0.4, -0.2) is 17.7 Å². The monoisotopic (exact) mass is 356 g/mol. The highest BCUT2D eigenvalue weighted by molar-refractivity contribution is 5.93. The zero-order chi connectivity index (χ0) is 18.8. The third-order valence-electron chi connectivity index (χ3n) is 4.24. The van der Waals surface area contributed by atoms with Crippen molar-refractivity contribution >= 4 is 5.97 Å². The SMILES string of the molecule is CCCCCCCOc1cc(C)c(C(=O)O)c(OCc2ccccc2)c1. The molecule has 0 aliphatic heterocycles. The van der Waals surface area contributed by atoms with Crippen molar-refractivity contribution in [2.45, 2.75) is 52.6 Å². The summed E-state index contributed by atoms with van der Waals surface area (Å²) in [5, 5.41) is 9.51. The van der Waals surface area contributed by atoms with Gasteiger partial charge in [-0.2, -0.15) is 0 Å². The average Bonchev–Trinajstić information content (AvgIpc) is 2.63. The number of hydrogen-bond donors (Lipinski definition) is 1. The maximum Gasteiger partial charge on any atom is 0.339 e. The molecule has 0 atom stereocenters. The summed E-state index contributed by atoms with van der Waals surface area (Å²) in [5.41, 5.74) is 1.82. The fraction of sp³-hybridized carbons (Fsp3) is 0.409. The van der Waals surface area contributed by atoms with Crippen LogP contribution in [0.15, 0.2) is 42.5 Å². The molecule has 0 unspecified atom stereocenters. The Morgan fingerprint density at radius 2 is 1.73 bits per heavy atom. The van der Waals surface area contributed by atoms with Crippen LogP contribution in [0, 0.1) is 6.92 Å². The van der Waals surface area contributed by atoms with E-state index in [1.165, 1.54) is 19.3 Å². The second kappa shape index (κ2) is 10.5. The number of carboxylic acids is 1. The summed E-state index contributed by atoms with van der Waals surface area (Å²) in [6, 6.07) is 13.1. The Morgan fingerprint density at radius 3 is 2.42 bits per heavy atom. The second-order valence-corrected chi connectivity index (χ2v) is 6.46. The first-order valence-corrected chi connectivity index (χ1v) is 9.29. The van der Waals surface area contributed by atoms with Crippen molar-refractivity contribution in [1.82, 2.24) is 0 Å². The molecule has 0 spiro atoms. The third-order valence-corrected chi connectivity index (χ3v) is 4.24. The Bertz CT molecular complexity index is 695. The molecule has 4 heteroatoms. The second-order valence-electron chi connectivity index (χ2n) is 6.46. The molecule has 1 N–H and O–H groups in total. The molecule has 0 aliphatic carbocycles. The summed E-state index contributed by atoms with van der Waals surface area (Å²) < 4.78 is 11.6. The molecule has 0 heterocycles. The van der Waals surface area contributed by atoms with E-state index < -0.39 is 5.97 Å². The van der Waals surface area contributed by atoms with E-state index >= 15 is 0 Å². The molecule has 0 bridgehead atoms. The quantitative estimate of drug-likeness (QED) is 0.531. The van der Waals surface area contributed by atoms with Crippen molar-refractivity contribution in [2.75, 3.05) is 6.61 Å².